The zero-order valence-corrected chi connectivity index (χ0v) is 35.1. The Morgan fingerprint density at radius 2 is 1.56 bits per heavy atom. The van der Waals surface area contributed by atoms with Gasteiger partial charge in [0.05, 0.1) is 23.0 Å². The summed E-state index contributed by atoms with van der Waals surface area (Å²) in [6, 6.07) is 12.4. The van der Waals surface area contributed by atoms with Crippen molar-refractivity contribution in [3.63, 3.8) is 0 Å². The molecule has 3 saturated carbocycles. The number of esters is 3. The molecule has 16 heteroatoms. The molecule has 11 atom stereocenters. The monoisotopic (exact) mass is 871 g/mol. The molecule has 2 bridgehead atoms. The average Bonchev–Trinajstić information content (AvgIpc) is 3.26. The lowest BCUT2D eigenvalue weighted by Gasteiger charge is -2.68. The molecule has 0 saturated heterocycles. The number of nitrogens with one attached hydrogen (secondary N) is 2. The summed E-state index contributed by atoms with van der Waals surface area (Å²) in [6.07, 6.45) is -13.4. The van der Waals surface area contributed by atoms with Gasteiger partial charge in [-0.2, -0.15) is 0 Å². The van der Waals surface area contributed by atoms with Gasteiger partial charge in [-0.15, -0.1) is 0 Å². The third kappa shape index (κ3) is 7.96. The van der Waals surface area contributed by atoms with Crippen molar-refractivity contribution in [2.24, 2.45) is 22.7 Å². The van der Waals surface area contributed by atoms with Gasteiger partial charge in [-0.25, -0.2) is 19.2 Å². The van der Waals surface area contributed by atoms with Gasteiger partial charge < -0.3 is 49.6 Å². The predicted molar refractivity (Wildman–Crippen MR) is 220 cm³/mol. The van der Waals surface area contributed by atoms with Crippen LogP contribution in [-0.2, 0) is 38.1 Å². The number of fused-ring (bicyclic) bond motifs is 5. The van der Waals surface area contributed by atoms with Crippen LogP contribution in [0.15, 0.2) is 71.8 Å². The van der Waals surface area contributed by atoms with Gasteiger partial charge in [0.2, 0.25) is 6.10 Å². The number of aliphatic hydroxyl groups is 3. The highest BCUT2D eigenvalue weighted by molar-refractivity contribution is 5.94. The van der Waals surface area contributed by atoms with Crippen molar-refractivity contribution in [1.29, 1.82) is 0 Å². The van der Waals surface area contributed by atoms with Crippen LogP contribution < -0.4 is 10.6 Å². The Morgan fingerprint density at radius 1 is 0.935 bits per heavy atom. The highest BCUT2D eigenvalue weighted by Crippen LogP contribution is 2.67. The number of ketones is 1. The van der Waals surface area contributed by atoms with Crippen LogP contribution in [0, 0.1) is 22.7 Å². The van der Waals surface area contributed by atoms with E-state index in [1.165, 1.54) is 70.2 Å². The summed E-state index contributed by atoms with van der Waals surface area (Å²) in [5.41, 5.74) is -12.6. The van der Waals surface area contributed by atoms with Crippen LogP contribution in [0.2, 0.25) is 0 Å². The fourth-order valence-electron chi connectivity index (χ4n) is 10.2. The quantitative estimate of drug-likeness (QED) is 0.131. The van der Waals surface area contributed by atoms with E-state index in [-0.39, 0.29) is 35.1 Å². The highest BCUT2D eigenvalue weighted by Gasteiger charge is 2.77. The average molecular weight is 872 g/mol. The molecule has 0 spiro atoms. The van der Waals surface area contributed by atoms with Crippen LogP contribution >= 0.6 is 0 Å². The molecule has 62 heavy (non-hydrogen) atoms. The van der Waals surface area contributed by atoms with E-state index in [0.717, 1.165) is 14.0 Å². The van der Waals surface area contributed by atoms with Crippen LogP contribution in [-0.4, -0.2) is 106 Å². The summed E-state index contributed by atoms with van der Waals surface area (Å²) in [7, 11) is 1.10. The topological polar surface area (TPSA) is 233 Å². The van der Waals surface area contributed by atoms with Gasteiger partial charge in [0.25, 0.3) is 0 Å². The predicted octanol–water partition coefficient (Wildman–Crippen LogP) is 4.63. The van der Waals surface area contributed by atoms with Crippen molar-refractivity contribution in [3.8, 4) is 0 Å². The van der Waals surface area contributed by atoms with Gasteiger partial charge in [-0.05, 0) is 82.5 Å². The van der Waals surface area contributed by atoms with Crippen molar-refractivity contribution in [2.45, 2.75) is 134 Å². The van der Waals surface area contributed by atoms with E-state index in [1.807, 2.05) is 0 Å². The standard InChI is InChI=1S/C46H58N2O14/c1-24-29(58-39(54)34(59-40(55)47-9)32(26-16-12-10-13-17-26)48-41(56)62-42(3,4)5)23-46(57)37(60-38(53)27-18-14-11-15-19-27)35-44(8,36(52)33(51)31(24)43(46,6)7)30(50)22-28-20-21-45(28,35)61-25(2)49/h10-19,28-30,32-35,37,50-51,57H,20-23H2,1-9H3,(H,47,55)(H,48,56)/t28-,29+,30+,32+,33-,34-,35+,37+,44-,45+,46-/m1/s1/i3D3,4D3,5D3. The maximum atomic E-state index is 15.2. The van der Waals surface area contributed by atoms with E-state index in [9.17, 15) is 39.3 Å². The Balaban J connectivity index is 1.52. The largest absolute Gasteiger partial charge is 0.458 e. The first kappa shape index (κ1) is 35.2. The number of carbonyl (C=O) groups is 6. The van der Waals surface area contributed by atoms with Gasteiger partial charge in [0, 0.05) is 44.1 Å². The third-order valence-corrected chi connectivity index (χ3v) is 13.4. The Morgan fingerprint density at radius 3 is 2.13 bits per heavy atom. The van der Waals surface area contributed by atoms with Crippen molar-refractivity contribution in [3.05, 3.63) is 82.9 Å². The number of benzene rings is 2. The second-order valence-electron chi connectivity index (χ2n) is 17.2. The number of amides is 2. The van der Waals surface area contributed by atoms with Crippen molar-refractivity contribution < 1.29 is 80.1 Å². The number of aliphatic hydroxyl groups excluding tert-OH is 2. The van der Waals surface area contributed by atoms with Gasteiger partial charge in [-0.3, -0.25) is 9.59 Å². The van der Waals surface area contributed by atoms with E-state index in [0.29, 0.717) is 6.42 Å². The lowest BCUT2D eigenvalue weighted by Crippen LogP contribution is -2.78. The molecule has 16 nitrogen and oxygen atoms in total. The van der Waals surface area contributed by atoms with Crippen molar-refractivity contribution in [2.75, 3.05) is 7.05 Å². The van der Waals surface area contributed by atoms with Crippen LogP contribution in [0.5, 0.6) is 0 Å². The minimum absolute atomic E-state index is 0.00108. The molecule has 6 rings (SSSR count). The lowest BCUT2D eigenvalue weighted by atomic mass is 9.41. The molecule has 2 amide bonds. The maximum Gasteiger partial charge on any atom is 0.408 e. The summed E-state index contributed by atoms with van der Waals surface area (Å²) >= 11 is 0. The Labute approximate surface area is 373 Å². The minimum atomic E-state index is -4.14. The van der Waals surface area contributed by atoms with Crippen LogP contribution in [0.3, 0.4) is 0 Å². The molecule has 0 unspecified atom stereocenters. The van der Waals surface area contributed by atoms with E-state index < -0.39 is 139 Å². The molecule has 2 aromatic carbocycles. The Bertz CT molecular complexity index is 2410. The van der Waals surface area contributed by atoms with E-state index >= 15 is 4.79 Å². The van der Waals surface area contributed by atoms with Gasteiger partial charge in [0.1, 0.15) is 41.2 Å². The maximum absolute atomic E-state index is 15.2. The van der Waals surface area contributed by atoms with E-state index in [2.05, 4.69) is 10.6 Å². The second-order valence-corrected chi connectivity index (χ2v) is 17.2. The van der Waals surface area contributed by atoms with Crippen LogP contribution in [0.25, 0.3) is 0 Å². The number of carbonyl (C=O) groups excluding carboxylic acids is 6. The molecule has 3 fully saturated rings. The molecule has 0 radical (unpaired) electrons. The highest BCUT2D eigenvalue weighted by atomic mass is 16.6. The zero-order chi connectivity index (χ0) is 53.2. The minimum Gasteiger partial charge on any atom is -0.458 e. The van der Waals surface area contributed by atoms with Crippen molar-refractivity contribution in [1.82, 2.24) is 10.6 Å². The summed E-state index contributed by atoms with van der Waals surface area (Å²) in [6.45, 7) is -5.28. The molecule has 0 heterocycles. The van der Waals surface area contributed by atoms with Crippen molar-refractivity contribution >= 4 is 35.9 Å². The van der Waals surface area contributed by atoms with Crippen LogP contribution in [0.1, 0.15) is 115 Å². The van der Waals surface area contributed by atoms with E-state index in [4.69, 9.17) is 36.0 Å². The molecule has 0 aliphatic heterocycles. The number of alkyl carbamates (subject to hydrolysis) is 2. The number of Topliss-reactive ketones (excluding diaryl/α,β-unsaturated/α-hetero) is 1. The van der Waals surface area contributed by atoms with Crippen LogP contribution in [0.4, 0.5) is 9.59 Å². The van der Waals surface area contributed by atoms with Gasteiger partial charge >= 0.3 is 30.1 Å². The van der Waals surface area contributed by atoms with E-state index in [1.54, 1.807) is 18.2 Å². The summed E-state index contributed by atoms with van der Waals surface area (Å²) in [4.78, 5) is 84.4. The molecule has 4 aliphatic carbocycles. The zero-order valence-electron chi connectivity index (χ0n) is 44.1. The number of hydrogen-bond acceptors (Lipinski definition) is 14. The lowest BCUT2D eigenvalue weighted by molar-refractivity contribution is -0.296. The fraction of sp³-hybridized carbons (Fsp3) is 0.565. The Kier molecular flexibility index (Phi) is 9.51. The first-order valence-electron chi connectivity index (χ1n) is 24.6. The molecule has 336 valence electrons. The summed E-state index contributed by atoms with van der Waals surface area (Å²) in [5, 5.41) is 42.3. The number of rotatable bonds is 9. The van der Waals surface area contributed by atoms with Gasteiger partial charge in [0.15, 0.2) is 5.78 Å². The van der Waals surface area contributed by atoms with Gasteiger partial charge in [-0.1, -0.05) is 62.4 Å². The molecule has 4 aliphatic rings. The molecular weight excluding hydrogens is 805 g/mol. The molecule has 5 N–H and O–H groups in total. The molecular formula is C46H58N2O14. The first-order valence-corrected chi connectivity index (χ1v) is 20.1. The normalized spacial score (nSPS) is 34.9. The third-order valence-electron chi connectivity index (χ3n) is 13.4. The summed E-state index contributed by atoms with van der Waals surface area (Å²) < 4.78 is 100. The SMILES string of the molecule is [2H]C([2H])([2H])C(OC(=O)N[C@@H](c1ccccc1)[C@@H](OC(=O)NC)C(=O)O[C@H]1C[C@@]2(O)[C@@H](OC(=O)c3ccccc3)[C@@H]3[C@]4(OC(C)=O)CC[C@@H]4C[C@H](O)[C@@]3(C)C(=O)[C@H](O)C(=C1C)C2(C)C)(C([2H])([2H])[2H])C([2H])([2H])[2H]. The smallest absolute Gasteiger partial charge is 0.408 e. The second kappa shape index (κ2) is 16.8. The number of ether oxygens (including phenoxy) is 5. The first-order chi connectivity index (χ1) is 32.7. The molecule has 2 aromatic rings. The number of hydrogen-bond donors (Lipinski definition) is 5. The Hall–Kier alpha value is -5.32. The summed E-state index contributed by atoms with van der Waals surface area (Å²) in [5.74, 6) is -6.52. The molecule has 0 aromatic heterocycles. The fourth-order valence-corrected chi connectivity index (χ4v) is 10.2.